The molecule has 3 heteroatoms. The number of hydrogen-bond donors (Lipinski definition) is 1. The first-order valence-corrected chi connectivity index (χ1v) is 6.40. The van der Waals surface area contributed by atoms with Crippen LogP contribution in [-0.2, 0) is 6.54 Å². The highest BCUT2D eigenvalue weighted by molar-refractivity contribution is 5.47. The first-order valence-electron chi connectivity index (χ1n) is 6.40. The van der Waals surface area contributed by atoms with Gasteiger partial charge in [-0.15, -0.1) is 0 Å². The molecule has 1 aliphatic heterocycles. The van der Waals surface area contributed by atoms with E-state index in [1.165, 1.54) is 12.1 Å². The van der Waals surface area contributed by atoms with E-state index < -0.39 is 0 Å². The summed E-state index contributed by atoms with van der Waals surface area (Å²) in [5, 5.41) is 0. The number of rotatable bonds is 2. The molecule has 2 heterocycles. The van der Waals surface area contributed by atoms with Crippen LogP contribution in [0.4, 0.5) is 5.69 Å². The molecule has 0 aromatic carbocycles. The van der Waals surface area contributed by atoms with Gasteiger partial charge < -0.3 is 10.6 Å². The second-order valence-electron chi connectivity index (χ2n) is 6.01. The lowest BCUT2D eigenvalue weighted by atomic mass is 9.80. The minimum absolute atomic E-state index is 0.401. The number of nitrogens with zero attached hydrogens (tertiary/aromatic N) is 2. The van der Waals surface area contributed by atoms with Gasteiger partial charge in [-0.2, -0.15) is 0 Å². The quantitative estimate of drug-likeness (QED) is 0.853. The van der Waals surface area contributed by atoms with E-state index in [0.717, 1.165) is 24.7 Å². The summed E-state index contributed by atoms with van der Waals surface area (Å²) < 4.78 is 0. The van der Waals surface area contributed by atoms with Gasteiger partial charge in [0.15, 0.2) is 0 Å². The molecular weight excluding hydrogens is 210 g/mol. The van der Waals surface area contributed by atoms with E-state index in [0.29, 0.717) is 12.0 Å². The minimum atomic E-state index is 0.401. The summed E-state index contributed by atoms with van der Waals surface area (Å²) in [6, 6.07) is 4.20. The summed E-state index contributed by atoms with van der Waals surface area (Å²) >= 11 is 0. The van der Waals surface area contributed by atoms with Crippen LogP contribution >= 0.6 is 0 Å². The van der Waals surface area contributed by atoms with Crippen molar-refractivity contribution in [1.82, 2.24) is 4.98 Å². The predicted octanol–water partition coefficient (Wildman–Crippen LogP) is 2.41. The molecule has 1 saturated heterocycles. The summed E-state index contributed by atoms with van der Waals surface area (Å²) in [6.07, 6.45) is 3.14. The van der Waals surface area contributed by atoms with Gasteiger partial charge in [-0.25, -0.2) is 0 Å². The minimum Gasteiger partial charge on any atom is -0.371 e. The molecule has 1 aromatic rings. The van der Waals surface area contributed by atoms with E-state index in [4.69, 9.17) is 5.73 Å². The Bertz CT molecular complexity index is 381. The van der Waals surface area contributed by atoms with Gasteiger partial charge in [-0.05, 0) is 29.9 Å². The molecular formula is C14H23N3. The molecule has 3 nitrogen and oxygen atoms in total. The van der Waals surface area contributed by atoms with Crippen molar-refractivity contribution in [2.45, 2.75) is 33.7 Å². The highest BCUT2D eigenvalue weighted by atomic mass is 15.2. The third-order valence-corrected chi connectivity index (χ3v) is 3.79. The zero-order chi connectivity index (χ0) is 12.5. The third-order valence-electron chi connectivity index (χ3n) is 3.79. The highest BCUT2D eigenvalue weighted by Gasteiger charge is 2.31. The molecule has 1 fully saturated rings. The second kappa shape index (κ2) is 4.65. The number of hydrogen-bond acceptors (Lipinski definition) is 3. The fourth-order valence-electron chi connectivity index (χ4n) is 2.48. The number of nitrogens with two attached hydrogens (primary N) is 1. The van der Waals surface area contributed by atoms with Crippen LogP contribution in [0.5, 0.6) is 0 Å². The Morgan fingerprint density at radius 1 is 1.47 bits per heavy atom. The Balaban J connectivity index is 2.09. The molecule has 1 unspecified atom stereocenters. The van der Waals surface area contributed by atoms with Crippen LogP contribution in [0.1, 0.15) is 32.9 Å². The van der Waals surface area contributed by atoms with E-state index in [2.05, 4.69) is 42.8 Å². The van der Waals surface area contributed by atoms with Crippen LogP contribution in [0.25, 0.3) is 0 Å². The summed E-state index contributed by atoms with van der Waals surface area (Å²) in [5.41, 5.74) is 8.28. The van der Waals surface area contributed by atoms with E-state index in [1.807, 2.05) is 6.20 Å². The molecule has 0 amide bonds. The lowest BCUT2D eigenvalue weighted by Gasteiger charge is -2.27. The first kappa shape index (κ1) is 12.4. The Kier molecular flexibility index (Phi) is 3.38. The van der Waals surface area contributed by atoms with Crippen molar-refractivity contribution in [3.8, 4) is 0 Å². The van der Waals surface area contributed by atoms with Crippen LogP contribution < -0.4 is 10.6 Å². The standard InChI is InChI=1S/C14H23N3/c1-14(2,3)11-5-7-17(10-11)13-4-6-16-12(8-13)9-15/h4,6,8,11H,5,7,9-10,15H2,1-3H3. The van der Waals surface area contributed by atoms with Crippen molar-refractivity contribution in [1.29, 1.82) is 0 Å². The molecule has 17 heavy (non-hydrogen) atoms. The van der Waals surface area contributed by atoms with Gasteiger partial charge >= 0.3 is 0 Å². The molecule has 2 rings (SSSR count). The van der Waals surface area contributed by atoms with Crippen molar-refractivity contribution in [2.24, 2.45) is 17.1 Å². The molecule has 94 valence electrons. The van der Waals surface area contributed by atoms with Gasteiger partial charge in [-0.3, -0.25) is 4.98 Å². The van der Waals surface area contributed by atoms with E-state index in [9.17, 15) is 0 Å². The van der Waals surface area contributed by atoms with Gasteiger partial charge in [0.1, 0.15) is 0 Å². The number of pyridine rings is 1. The summed E-state index contributed by atoms with van der Waals surface area (Å²) in [5.74, 6) is 0.775. The van der Waals surface area contributed by atoms with E-state index in [1.54, 1.807) is 0 Å². The van der Waals surface area contributed by atoms with Crippen molar-refractivity contribution in [3.05, 3.63) is 24.0 Å². The third kappa shape index (κ3) is 2.78. The first-order chi connectivity index (χ1) is 8.00. The molecule has 1 atom stereocenters. The summed E-state index contributed by atoms with van der Waals surface area (Å²) in [4.78, 5) is 6.70. The van der Waals surface area contributed by atoms with Crippen molar-refractivity contribution in [3.63, 3.8) is 0 Å². The second-order valence-corrected chi connectivity index (χ2v) is 6.01. The average molecular weight is 233 g/mol. The molecule has 0 aliphatic carbocycles. The SMILES string of the molecule is CC(C)(C)C1CCN(c2ccnc(CN)c2)C1. The molecule has 0 radical (unpaired) electrons. The average Bonchev–Trinajstić information content (AvgIpc) is 2.78. The monoisotopic (exact) mass is 233 g/mol. The van der Waals surface area contributed by atoms with Crippen LogP contribution in [0.2, 0.25) is 0 Å². The van der Waals surface area contributed by atoms with Gasteiger partial charge in [0.25, 0.3) is 0 Å². The fraction of sp³-hybridized carbons (Fsp3) is 0.643. The van der Waals surface area contributed by atoms with Crippen molar-refractivity contribution in [2.75, 3.05) is 18.0 Å². The topological polar surface area (TPSA) is 42.2 Å². The predicted molar refractivity (Wildman–Crippen MR) is 71.9 cm³/mol. The summed E-state index contributed by atoms with van der Waals surface area (Å²) in [6.45, 7) is 9.81. The van der Waals surface area contributed by atoms with Crippen molar-refractivity contribution < 1.29 is 0 Å². The van der Waals surface area contributed by atoms with Gasteiger partial charge in [0, 0.05) is 31.5 Å². The maximum atomic E-state index is 5.63. The van der Waals surface area contributed by atoms with Gasteiger partial charge in [0.05, 0.1) is 5.69 Å². The molecule has 0 saturated carbocycles. The summed E-state index contributed by atoms with van der Waals surface area (Å²) in [7, 11) is 0. The lowest BCUT2D eigenvalue weighted by Crippen LogP contribution is -2.25. The number of aromatic nitrogens is 1. The van der Waals surface area contributed by atoms with E-state index >= 15 is 0 Å². The zero-order valence-electron chi connectivity index (χ0n) is 11.1. The smallest absolute Gasteiger partial charge is 0.0560 e. The van der Waals surface area contributed by atoms with Crippen molar-refractivity contribution >= 4 is 5.69 Å². The Labute approximate surface area is 104 Å². The Morgan fingerprint density at radius 3 is 2.82 bits per heavy atom. The van der Waals surface area contributed by atoms with Gasteiger partial charge in [-0.1, -0.05) is 20.8 Å². The van der Waals surface area contributed by atoms with Crippen LogP contribution in [0.3, 0.4) is 0 Å². The normalized spacial score (nSPS) is 20.9. The largest absolute Gasteiger partial charge is 0.371 e. The van der Waals surface area contributed by atoms with Crippen LogP contribution in [0, 0.1) is 11.3 Å². The number of anilines is 1. The fourth-order valence-corrected chi connectivity index (χ4v) is 2.48. The van der Waals surface area contributed by atoms with Crippen LogP contribution in [-0.4, -0.2) is 18.1 Å². The lowest BCUT2D eigenvalue weighted by molar-refractivity contribution is 0.263. The van der Waals surface area contributed by atoms with E-state index in [-0.39, 0.29) is 0 Å². The van der Waals surface area contributed by atoms with Gasteiger partial charge in [0.2, 0.25) is 0 Å². The molecule has 0 spiro atoms. The Morgan fingerprint density at radius 2 is 2.24 bits per heavy atom. The Hall–Kier alpha value is -1.09. The molecule has 1 aliphatic rings. The molecule has 2 N–H and O–H groups in total. The maximum Gasteiger partial charge on any atom is 0.0560 e. The zero-order valence-corrected chi connectivity index (χ0v) is 11.1. The highest BCUT2D eigenvalue weighted by Crippen LogP contribution is 2.35. The molecule has 1 aromatic heterocycles. The van der Waals surface area contributed by atoms with Crippen LogP contribution in [0.15, 0.2) is 18.3 Å². The maximum absolute atomic E-state index is 5.63. The molecule has 0 bridgehead atoms.